The Morgan fingerprint density at radius 1 is 1.29 bits per heavy atom. The van der Waals surface area contributed by atoms with Crippen LogP contribution in [0.15, 0.2) is 23.3 Å². The first-order valence-electron chi connectivity index (χ1n) is 7.53. The number of benzene rings is 1. The quantitative estimate of drug-likeness (QED) is 0.566. The second kappa shape index (κ2) is 7.98. The molecule has 12 heteroatoms. The summed E-state index contributed by atoms with van der Waals surface area (Å²) in [5, 5.41) is 16.2. The van der Waals surface area contributed by atoms with Crippen molar-refractivity contribution in [1.29, 1.82) is 0 Å². The molecule has 1 aromatic heterocycles. The van der Waals surface area contributed by atoms with Gasteiger partial charge in [0, 0.05) is 18.7 Å². The van der Waals surface area contributed by atoms with E-state index in [0.29, 0.717) is 6.07 Å². The number of nitrogens with one attached hydrogen (secondary N) is 1. The van der Waals surface area contributed by atoms with Crippen LogP contribution in [0.2, 0.25) is 0 Å². The van der Waals surface area contributed by atoms with E-state index < -0.39 is 23.7 Å². The third kappa shape index (κ3) is 4.22. The van der Waals surface area contributed by atoms with Crippen molar-refractivity contribution in [3.8, 4) is 11.5 Å². The van der Waals surface area contributed by atoms with Gasteiger partial charge in [-0.2, -0.15) is 23.4 Å². The Morgan fingerprint density at radius 2 is 1.96 bits per heavy atom. The molecule has 0 spiro atoms. The van der Waals surface area contributed by atoms with Crippen LogP contribution in [0.25, 0.3) is 0 Å². The van der Waals surface area contributed by atoms with Crippen molar-refractivity contribution in [3.05, 3.63) is 40.7 Å². The number of halogens is 3. The highest BCUT2D eigenvalue weighted by molar-refractivity contribution is 6.02. The van der Waals surface area contributed by atoms with Crippen molar-refractivity contribution in [3.63, 3.8) is 0 Å². The van der Waals surface area contributed by atoms with Crippen LogP contribution in [0.1, 0.15) is 32.1 Å². The number of ether oxygens (including phenoxy) is 2. The zero-order valence-electron chi connectivity index (χ0n) is 14.9. The number of carbonyl (C=O) groups excluding carboxylic acids is 1. The summed E-state index contributed by atoms with van der Waals surface area (Å²) in [4.78, 5) is 23.6. The van der Waals surface area contributed by atoms with Gasteiger partial charge in [0.15, 0.2) is 17.2 Å². The Kier molecular flexibility index (Phi) is 5.91. The molecule has 0 aliphatic heterocycles. The number of amides is 1. The molecule has 1 heterocycles. The van der Waals surface area contributed by atoms with Gasteiger partial charge in [0.05, 0.1) is 20.4 Å². The first-order chi connectivity index (χ1) is 13.1. The number of alkyl halides is 3. The van der Waals surface area contributed by atoms with Crippen LogP contribution in [0.4, 0.5) is 13.2 Å². The Balaban J connectivity index is 2.27. The van der Waals surface area contributed by atoms with Crippen molar-refractivity contribution in [2.75, 3.05) is 14.2 Å². The van der Waals surface area contributed by atoms with Crippen molar-refractivity contribution in [1.82, 2.24) is 15.2 Å². The second-order valence-corrected chi connectivity index (χ2v) is 5.31. The van der Waals surface area contributed by atoms with Gasteiger partial charge < -0.3 is 14.6 Å². The maximum Gasteiger partial charge on any atom is 0.435 e. The van der Waals surface area contributed by atoms with E-state index in [1.165, 1.54) is 33.4 Å². The molecule has 9 nitrogen and oxygen atoms in total. The fourth-order valence-electron chi connectivity index (χ4n) is 2.31. The van der Waals surface area contributed by atoms with Crippen LogP contribution < -0.4 is 14.9 Å². The highest BCUT2D eigenvalue weighted by Gasteiger charge is 2.35. The SMILES string of the molecule is COc1ccc(/C=N/NC(=O)c2cc(C(F)(F)F)nn2C)c(C(=O)O)c1OC. The van der Waals surface area contributed by atoms with E-state index >= 15 is 0 Å². The second-order valence-electron chi connectivity index (χ2n) is 5.31. The molecule has 1 amide bonds. The number of hydrogen-bond acceptors (Lipinski definition) is 6. The fraction of sp³-hybridized carbons (Fsp3) is 0.250. The van der Waals surface area contributed by atoms with Crippen LogP contribution in [-0.2, 0) is 13.2 Å². The van der Waals surface area contributed by atoms with Gasteiger partial charge in [-0.25, -0.2) is 10.2 Å². The number of aryl methyl sites for hydroxylation is 1. The van der Waals surface area contributed by atoms with Gasteiger partial charge in [0.2, 0.25) is 0 Å². The van der Waals surface area contributed by atoms with Gasteiger partial charge in [-0.05, 0) is 12.1 Å². The molecule has 0 fully saturated rings. The maximum atomic E-state index is 12.7. The zero-order chi connectivity index (χ0) is 21.1. The summed E-state index contributed by atoms with van der Waals surface area (Å²) in [7, 11) is 3.76. The fourth-order valence-corrected chi connectivity index (χ4v) is 2.31. The number of aromatic carboxylic acids is 1. The lowest BCUT2D eigenvalue weighted by molar-refractivity contribution is -0.141. The molecule has 0 saturated heterocycles. The number of methoxy groups -OCH3 is 2. The maximum absolute atomic E-state index is 12.7. The van der Waals surface area contributed by atoms with Gasteiger partial charge in [-0.1, -0.05) is 0 Å². The van der Waals surface area contributed by atoms with Gasteiger partial charge >= 0.3 is 12.1 Å². The van der Waals surface area contributed by atoms with Crippen molar-refractivity contribution in [2.24, 2.45) is 12.1 Å². The first-order valence-corrected chi connectivity index (χ1v) is 7.53. The molecule has 1 aromatic carbocycles. The third-order valence-electron chi connectivity index (χ3n) is 3.56. The summed E-state index contributed by atoms with van der Waals surface area (Å²) >= 11 is 0. The lowest BCUT2D eigenvalue weighted by atomic mass is 10.1. The van der Waals surface area contributed by atoms with Crippen molar-refractivity contribution < 1.29 is 37.3 Å². The summed E-state index contributed by atoms with van der Waals surface area (Å²) in [5.74, 6) is -2.16. The summed E-state index contributed by atoms with van der Waals surface area (Å²) in [5.41, 5.74) is 0.230. The Labute approximate surface area is 156 Å². The highest BCUT2D eigenvalue weighted by atomic mass is 19.4. The van der Waals surface area contributed by atoms with E-state index in [4.69, 9.17) is 9.47 Å². The molecule has 0 unspecified atom stereocenters. The normalized spacial score (nSPS) is 11.5. The van der Waals surface area contributed by atoms with Crippen molar-refractivity contribution >= 4 is 18.1 Å². The number of nitrogens with zero attached hydrogens (tertiary/aromatic N) is 3. The van der Waals surface area contributed by atoms with E-state index in [0.717, 1.165) is 10.9 Å². The Morgan fingerprint density at radius 3 is 2.46 bits per heavy atom. The lowest BCUT2D eigenvalue weighted by Crippen LogP contribution is -2.21. The van der Waals surface area contributed by atoms with Crippen LogP contribution in [0, 0.1) is 0 Å². The monoisotopic (exact) mass is 400 g/mol. The number of carbonyl (C=O) groups is 2. The largest absolute Gasteiger partial charge is 0.493 e. The van der Waals surface area contributed by atoms with Gasteiger partial charge in [-0.3, -0.25) is 9.48 Å². The first kappa shape index (κ1) is 20.7. The van der Waals surface area contributed by atoms with Gasteiger partial charge in [0.1, 0.15) is 11.3 Å². The molecular formula is C16H15F3N4O5. The van der Waals surface area contributed by atoms with E-state index in [9.17, 15) is 27.9 Å². The molecule has 2 aromatic rings. The minimum Gasteiger partial charge on any atom is -0.493 e. The Bertz CT molecular complexity index is 937. The van der Waals surface area contributed by atoms with Gasteiger partial charge in [-0.15, -0.1) is 0 Å². The molecule has 2 rings (SSSR count). The number of rotatable bonds is 6. The number of aromatic nitrogens is 2. The van der Waals surface area contributed by atoms with Crippen LogP contribution in [0.5, 0.6) is 11.5 Å². The predicted molar refractivity (Wildman–Crippen MR) is 89.8 cm³/mol. The number of carboxylic acid groups (broad SMARTS) is 1. The molecule has 0 saturated carbocycles. The summed E-state index contributed by atoms with van der Waals surface area (Å²) in [6, 6.07) is 3.38. The molecule has 0 atom stereocenters. The molecule has 28 heavy (non-hydrogen) atoms. The standard InChI is InChI=1S/C16H15F3N4O5/c1-23-9(6-11(22-23)16(17,18)19)14(24)21-20-7-8-4-5-10(27-2)13(28-3)12(8)15(25)26/h4-7H,1-3H3,(H,21,24)(H,25,26)/b20-7+. The smallest absolute Gasteiger partial charge is 0.435 e. The van der Waals surface area contributed by atoms with E-state index in [2.05, 4.69) is 10.2 Å². The topological polar surface area (TPSA) is 115 Å². The minimum atomic E-state index is -4.70. The number of carboxylic acids is 1. The average Bonchev–Trinajstić information content (AvgIpc) is 3.02. The third-order valence-corrected chi connectivity index (χ3v) is 3.56. The summed E-state index contributed by atoms with van der Waals surface area (Å²) < 4.78 is 48.8. The average molecular weight is 400 g/mol. The highest BCUT2D eigenvalue weighted by Crippen LogP contribution is 2.33. The van der Waals surface area contributed by atoms with Gasteiger partial charge in [0.25, 0.3) is 5.91 Å². The zero-order valence-corrected chi connectivity index (χ0v) is 14.9. The Hall–Kier alpha value is -3.57. The summed E-state index contributed by atoms with van der Waals surface area (Å²) in [6.07, 6.45) is -3.68. The molecule has 0 radical (unpaired) electrons. The molecule has 0 aliphatic carbocycles. The van der Waals surface area contributed by atoms with Crippen LogP contribution in [-0.4, -0.2) is 47.2 Å². The van der Waals surface area contributed by atoms with Crippen LogP contribution in [0.3, 0.4) is 0 Å². The lowest BCUT2D eigenvalue weighted by Gasteiger charge is -2.12. The van der Waals surface area contributed by atoms with E-state index in [1.54, 1.807) is 0 Å². The molecule has 2 N–H and O–H groups in total. The minimum absolute atomic E-state index is 0.0493. The number of hydrogen-bond donors (Lipinski definition) is 2. The van der Waals surface area contributed by atoms with E-state index in [1.807, 2.05) is 5.43 Å². The summed E-state index contributed by atoms with van der Waals surface area (Å²) in [6.45, 7) is 0. The van der Waals surface area contributed by atoms with E-state index in [-0.39, 0.29) is 28.3 Å². The molecule has 0 bridgehead atoms. The number of hydrazone groups is 1. The van der Waals surface area contributed by atoms with Crippen LogP contribution >= 0.6 is 0 Å². The molecule has 150 valence electrons. The molecule has 0 aliphatic rings. The van der Waals surface area contributed by atoms with Crippen molar-refractivity contribution in [2.45, 2.75) is 6.18 Å². The molecular weight excluding hydrogens is 385 g/mol. The predicted octanol–water partition coefficient (Wildman–Crippen LogP) is 1.92.